The van der Waals surface area contributed by atoms with Crippen LogP contribution in [0.2, 0.25) is 0 Å². The molecule has 1 aliphatic heterocycles. The number of rotatable bonds is 2. The Kier molecular flexibility index (Phi) is 3.10. The van der Waals surface area contributed by atoms with E-state index in [9.17, 15) is 4.79 Å². The Morgan fingerprint density at radius 2 is 1.82 bits per heavy atom. The summed E-state index contributed by atoms with van der Waals surface area (Å²) in [4.78, 5) is 12.6. The average Bonchev–Trinajstić information content (AvgIpc) is 3.15. The molecule has 4 heteroatoms. The highest BCUT2D eigenvalue weighted by Gasteiger charge is 2.49. The van der Waals surface area contributed by atoms with Crippen molar-refractivity contribution in [3.8, 4) is 0 Å². The molecular formula is C18H18N2O2. The third kappa shape index (κ3) is 1.98. The molecule has 1 saturated carbocycles. The molecule has 0 unspecified atom stereocenters. The monoisotopic (exact) mass is 294 g/mol. The Morgan fingerprint density at radius 3 is 2.50 bits per heavy atom. The molecule has 1 spiro atoms. The van der Waals surface area contributed by atoms with Crippen molar-refractivity contribution >= 4 is 17.1 Å². The first-order valence-corrected chi connectivity index (χ1v) is 7.83. The molecule has 2 aliphatic rings. The Morgan fingerprint density at radius 1 is 1.05 bits per heavy atom. The number of aromatic nitrogens is 2. The summed E-state index contributed by atoms with van der Waals surface area (Å²) in [7, 11) is 0. The molecule has 2 heterocycles. The summed E-state index contributed by atoms with van der Waals surface area (Å²) < 4.78 is 5.93. The third-order valence-corrected chi connectivity index (χ3v) is 4.69. The number of benzene rings is 1. The maximum absolute atomic E-state index is 12.6. The van der Waals surface area contributed by atoms with E-state index in [0.29, 0.717) is 5.57 Å². The van der Waals surface area contributed by atoms with Crippen molar-refractivity contribution in [2.24, 2.45) is 0 Å². The quantitative estimate of drug-likeness (QED) is 0.861. The molecule has 4 nitrogen and oxygen atoms in total. The first kappa shape index (κ1) is 13.3. The fourth-order valence-electron chi connectivity index (χ4n) is 3.74. The van der Waals surface area contributed by atoms with Crippen molar-refractivity contribution < 1.29 is 9.53 Å². The minimum atomic E-state index is -0.461. The Balaban J connectivity index is 1.94. The molecular weight excluding hydrogens is 276 g/mol. The van der Waals surface area contributed by atoms with Crippen LogP contribution < -0.4 is 0 Å². The lowest BCUT2D eigenvalue weighted by molar-refractivity contribution is -0.146. The van der Waals surface area contributed by atoms with Gasteiger partial charge in [0, 0.05) is 11.8 Å². The fourth-order valence-corrected chi connectivity index (χ4v) is 3.74. The number of hydrogen-bond donors (Lipinski definition) is 1. The van der Waals surface area contributed by atoms with Crippen molar-refractivity contribution in [3.05, 3.63) is 53.9 Å². The summed E-state index contributed by atoms with van der Waals surface area (Å²) in [5, 5.41) is 6.92. The molecule has 0 amide bonds. The van der Waals surface area contributed by atoms with E-state index in [4.69, 9.17) is 4.74 Å². The predicted octanol–water partition coefficient (Wildman–Crippen LogP) is 3.58. The second-order valence-corrected chi connectivity index (χ2v) is 6.03. The lowest BCUT2D eigenvalue weighted by Crippen LogP contribution is -2.33. The molecule has 4 rings (SSSR count). The van der Waals surface area contributed by atoms with Crippen molar-refractivity contribution in [3.63, 3.8) is 0 Å². The molecule has 0 radical (unpaired) electrons. The Bertz CT molecular complexity index is 711. The van der Waals surface area contributed by atoms with E-state index < -0.39 is 5.60 Å². The van der Waals surface area contributed by atoms with E-state index in [2.05, 4.69) is 22.3 Å². The van der Waals surface area contributed by atoms with E-state index >= 15 is 0 Å². The topological polar surface area (TPSA) is 55.0 Å². The second kappa shape index (κ2) is 5.13. The number of nitrogens with one attached hydrogen (secondary N) is 1. The highest BCUT2D eigenvalue weighted by molar-refractivity contribution is 6.28. The number of ether oxygens (including phenoxy) is 1. The van der Waals surface area contributed by atoms with E-state index in [0.717, 1.165) is 42.5 Å². The summed E-state index contributed by atoms with van der Waals surface area (Å²) in [5.74, 6) is -0.231. The lowest BCUT2D eigenvalue weighted by atomic mass is 9.76. The van der Waals surface area contributed by atoms with Crippen LogP contribution in [0.3, 0.4) is 0 Å². The van der Waals surface area contributed by atoms with Crippen LogP contribution in [0.25, 0.3) is 11.1 Å². The zero-order chi connectivity index (χ0) is 15.0. The van der Waals surface area contributed by atoms with Gasteiger partial charge in [0.25, 0.3) is 0 Å². The number of carbonyl (C=O) groups is 1. The van der Waals surface area contributed by atoms with Gasteiger partial charge in [0.15, 0.2) is 0 Å². The van der Waals surface area contributed by atoms with E-state index in [1.807, 2.05) is 24.3 Å². The zero-order valence-corrected chi connectivity index (χ0v) is 12.3. The minimum Gasteiger partial charge on any atom is -0.450 e. The number of H-pyrrole nitrogens is 1. The molecule has 112 valence electrons. The number of nitrogens with zero attached hydrogens (tertiary/aromatic N) is 1. The van der Waals surface area contributed by atoms with Gasteiger partial charge in [0.1, 0.15) is 5.60 Å². The Hall–Kier alpha value is -2.36. The maximum Gasteiger partial charge on any atom is 0.341 e. The van der Waals surface area contributed by atoms with Crippen molar-refractivity contribution in [2.45, 2.75) is 37.7 Å². The number of esters is 1. The van der Waals surface area contributed by atoms with Gasteiger partial charge in [0.05, 0.1) is 11.3 Å². The van der Waals surface area contributed by atoms with Crippen LogP contribution in [-0.4, -0.2) is 21.8 Å². The zero-order valence-electron chi connectivity index (χ0n) is 12.3. The molecule has 1 N–H and O–H groups in total. The second-order valence-electron chi connectivity index (χ2n) is 6.03. The number of carbonyl (C=O) groups excluding carboxylic acids is 1. The highest BCUT2D eigenvalue weighted by atomic mass is 16.6. The van der Waals surface area contributed by atoms with Crippen LogP contribution in [0.5, 0.6) is 0 Å². The molecule has 1 fully saturated rings. The van der Waals surface area contributed by atoms with E-state index in [-0.39, 0.29) is 5.97 Å². The van der Waals surface area contributed by atoms with Crippen LogP contribution in [0.15, 0.2) is 42.6 Å². The molecule has 2 aromatic rings. The van der Waals surface area contributed by atoms with Gasteiger partial charge in [-0.25, -0.2) is 4.79 Å². The van der Waals surface area contributed by atoms with Gasteiger partial charge < -0.3 is 4.74 Å². The molecule has 1 aromatic heterocycles. The van der Waals surface area contributed by atoms with Crippen LogP contribution in [-0.2, 0) is 9.53 Å². The molecule has 1 aliphatic carbocycles. The first-order valence-electron chi connectivity index (χ1n) is 7.83. The van der Waals surface area contributed by atoms with Gasteiger partial charge in [-0.1, -0.05) is 36.8 Å². The minimum absolute atomic E-state index is 0.231. The summed E-state index contributed by atoms with van der Waals surface area (Å²) in [5.41, 5.74) is 3.02. The highest BCUT2D eigenvalue weighted by Crippen LogP contribution is 2.50. The maximum atomic E-state index is 12.6. The van der Waals surface area contributed by atoms with Gasteiger partial charge in [0.2, 0.25) is 0 Å². The van der Waals surface area contributed by atoms with Crippen molar-refractivity contribution in [2.75, 3.05) is 0 Å². The fraction of sp³-hybridized carbons (Fsp3) is 0.333. The van der Waals surface area contributed by atoms with Crippen LogP contribution >= 0.6 is 0 Å². The first-order chi connectivity index (χ1) is 10.8. The third-order valence-electron chi connectivity index (χ3n) is 4.69. The Labute approximate surface area is 129 Å². The summed E-state index contributed by atoms with van der Waals surface area (Å²) in [6, 6.07) is 12.0. The average molecular weight is 294 g/mol. The summed E-state index contributed by atoms with van der Waals surface area (Å²) in [6.45, 7) is 0. The number of aromatic amines is 1. The predicted molar refractivity (Wildman–Crippen MR) is 83.8 cm³/mol. The molecule has 0 saturated heterocycles. The van der Waals surface area contributed by atoms with Crippen LogP contribution in [0, 0.1) is 0 Å². The van der Waals surface area contributed by atoms with Crippen LogP contribution in [0.1, 0.15) is 43.4 Å². The molecule has 0 atom stereocenters. The van der Waals surface area contributed by atoms with E-state index in [1.54, 1.807) is 6.20 Å². The van der Waals surface area contributed by atoms with Gasteiger partial charge in [-0.3, -0.25) is 5.10 Å². The van der Waals surface area contributed by atoms with Gasteiger partial charge >= 0.3 is 5.97 Å². The van der Waals surface area contributed by atoms with Crippen molar-refractivity contribution in [1.29, 1.82) is 0 Å². The summed E-state index contributed by atoms with van der Waals surface area (Å²) in [6.07, 6.45) is 6.88. The van der Waals surface area contributed by atoms with Gasteiger partial charge in [-0.05, 0) is 37.3 Å². The van der Waals surface area contributed by atoms with Gasteiger partial charge in [-0.2, -0.15) is 5.10 Å². The van der Waals surface area contributed by atoms with Gasteiger partial charge in [-0.15, -0.1) is 0 Å². The SMILES string of the molecule is O=C1OC2(CCCCC2)C(c2ccccc2)=C1c1ccn[nH]1. The lowest BCUT2D eigenvalue weighted by Gasteiger charge is -2.34. The normalized spacial score (nSPS) is 20.5. The van der Waals surface area contributed by atoms with Crippen molar-refractivity contribution in [1.82, 2.24) is 10.2 Å². The standard InChI is InChI=1S/C18H18N2O2/c21-17-15(14-9-12-19-20-14)16(13-7-3-1-4-8-13)18(22-17)10-5-2-6-11-18/h1,3-4,7-9,12H,2,5-6,10-11H2,(H,19,20). The number of hydrogen-bond acceptors (Lipinski definition) is 3. The van der Waals surface area contributed by atoms with E-state index in [1.165, 1.54) is 6.42 Å². The summed E-state index contributed by atoms with van der Waals surface area (Å²) >= 11 is 0. The molecule has 0 bridgehead atoms. The molecule has 22 heavy (non-hydrogen) atoms. The smallest absolute Gasteiger partial charge is 0.341 e. The van der Waals surface area contributed by atoms with Crippen LogP contribution in [0.4, 0.5) is 0 Å². The molecule has 1 aromatic carbocycles. The largest absolute Gasteiger partial charge is 0.450 e.